The van der Waals surface area contributed by atoms with E-state index in [9.17, 15) is 18.0 Å². The van der Waals surface area contributed by atoms with E-state index >= 15 is 0 Å². The summed E-state index contributed by atoms with van der Waals surface area (Å²) >= 11 is 6.11. The fourth-order valence-corrected chi connectivity index (χ4v) is 4.51. The van der Waals surface area contributed by atoms with Crippen LogP contribution in [0, 0.1) is 0 Å². The first-order valence-corrected chi connectivity index (χ1v) is 11.9. The van der Waals surface area contributed by atoms with Gasteiger partial charge in [-0.3, -0.25) is 4.79 Å². The van der Waals surface area contributed by atoms with E-state index in [1.54, 1.807) is 12.1 Å². The highest BCUT2D eigenvalue weighted by molar-refractivity contribution is 6.70. The van der Waals surface area contributed by atoms with Crippen LogP contribution in [0.25, 0.3) is 0 Å². The van der Waals surface area contributed by atoms with Gasteiger partial charge in [0, 0.05) is 21.8 Å². The third-order valence-electron chi connectivity index (χ3n) is 3.88. The number of hydrogen-bond acceptors (Lipinski definition) is 3. The van der Waals surface area contributed by atoms with Gasteiger partial charge < -0.3 is 14.5 Å². The molecule has 1 aliphatic rings. The van der Waals surface area contributed by atoms with Gasteiger partial charge in [-0.25, -0.2) is 0 Å². The maximum atomic E-state index is 13.1. The van der Waals surface area contributed by atoms with E-state index < -0.39 is 31.9 Å². The van der Waals surface area contributed by atoms with E-state index in [2.05, 4.69) is 10.1 Å². The quantitative estimate of drug-likeness (QED) is 0.690. The topological polar surface area (TPSA) is 47.6 Å². The molecule has 0 aliphatic carbocycles. The van der Waals surface area contributed by atoms with Crippen molar-refractivity contribution in [3.8, 4) is 5.75 Å². The summed E-state index contributed by atoms with van der Waals surface area (Å²) in [5, 5.41) is 3.03. The molecule has 9 heteroatoms. The van der Waals surface area contributed by atoms with Crippen molar-refractivity contribution in [2.45, 2.75) is 31.6 Å². The summed E-state index contributed by atoms with van der Waals surface area (Å²) < 4.78 is 49.3. The first-order chi connectivity index (χ1) is 12.4. The Morgan fingerprint density at radius 3 is 2.37 bits per heavy atom. The van der Waals surface area contributed by atoms with Gasteiger partial charge in [0.25, 0.3) is 5.91 Å². The summed E-state index contributed by atoms with van der Waals surface area (Å²) in [6.45, 7) is 5.54. The Kier molecular flexibility index (Phi) is 4.78. The Bertz CT molecular complexity index is 898. The standard InChI is InChI=1S/C18H17ClF3NO3Si/c1-27(2,3)26-17(12-6-4-5-7-15(12)25-18(20,21)22)13-10-11(19)8-9-14(13)23-16(17)24/h4-10H,1-3H3,(H,23,24). The van der Waals surface area contributed by atoms with Crippen molar-refractivity contribution in [1.29, 1.82) is 0 Å². The maximum absolute atomic E-state index is 13.1. The lowest BCUT2D eigenvalue weighted by molar-refractivity contribution is -0.275. The molecule has 0 bridgehead atoms. The molecule has 1 heterocycles. The van der Waals surface area contributed by atoms with Crippen LogP contribution >= 0.6 is 11.6 Å². The Hall–Kier alpha value is -2.03. The Morgan fingerprint density at radius 2 is 1.74 bits per heavy atom. The molecule has 2 aromatic rings. The molecule has 1 amide bonds. The second kappa shape index (κ2) is 6.54. The van der Waals surface area contributed by atoms with Crippen molar-refractivity contribution in [2.75, 3.05) is 5.32 Å². The lowest BCUT2D eigenvalue weighted by Crippen LogP contribution is -2.46. The van der Waals surface area contributed by atoms with E-state index in [0.717, 1.165) is 6.07 Å². The van der Waals surface area contributed by atoms with Crippen LogP contribution in [-0.2, 0) is 14.8 Å². The third-order valence-corrected chi connectivity index (χ3v) is 5.03. The van der Waals surface area contributed by atoms with E-state index in [0.29, 0.717) is 16.3 Å². The van der Waals surface area contributed by atoms with Gasteiger partial charge in [-0.2, -0.15) is 0 Å². The number of benzene rings is 2. The van der Waals surface area contributed by atoms with Crippen molar-refractivity contribution in [1.82, 2.24) is 0 Å². The molecular formula is C18H17ClF3NO3Si. The minimum Gasteiger partial charge on any atom is -0.405 e. The number of fused-ring (bicyclic) bond motifs is 1. The molecule has 144 valence electrons. The molecular weight excluding hydrogens is 399 g/mol. The molecule has 27 heavy (non-hydrogen) atoms. The summed E-state index contributed by atoms with van der Waals surface area (Å²) in [5.74, 6) is -1.08. The van der Waals surface area contributed by atoms with Crippen molar-refractivity contribution in [2.24, 2.45) is 0 Å². The normalized spacial score (nSPS) is 19.6. The van der Waals surface area contributed by atoms with E-state index in [4.69, 9.17) is 16.0 Å². The molecule has 0 aromatic heterocycles. The second-order valence-corrected chi connectivity index (χ2v) is 11.9. The molecule has 3 rings (SSSR count). The molecule has 2 aromatic carbocycles. The van der Waals surface area contributed by atoms with Gasteiger partial charge in [-0.1, -0.05) is 29.8 Å². The maximum Gasteiger partial charge on any atom is 0.573 e. The van der Waals surface area contributed by atoms with Crippen LogP contribution in [0.4, 0.5) is 18.9 Å². The number of halogens is 4. The smallest absolute Gasteiger partial charge is 0.405 e. The summed E-state index contributed by atoms with van der Waals surface area (Å²) in [6, 6.07) is 10.2. The predicted molar refractivity (Wildman–Crippen MR) is 98.4 cm³/mol. The first-order valence-electron chi connectivity index (χ1n) is 8.09. The van der Waals surface area contributed by atoms with Gasteiger partial charge in [-0.05, 0) is 43.9 Å². The van der Waals surface area contributed by atoms with E-state index in [-0.39, 0.29) is 5.56 Å². The minimum absolute atomic E-state index is 0.0248. The number of carbonyl (C=O) groups is 1. The van der Waals surface area contributed by atoms with Gasteiger partial charge in [0.15, 0.2) is 13.9 Å². The number of amides is 1. The van der Waals surface area contributed by atoms with Crippen molar-refractivity contribution in [3.63, 3.8) is 0 Å². The first kappa shape index (κ1) is 19.7. The van der Waals surface area contributed by atoms with Crippen LogP contribution in [0.15, 0.2) is 42.5 Å². The van der Waals surface area contributed by atoms with Crippen LogP contribution in [0.2, 0.25) is 24.7 Å². The van der Waals surface area contributed by atoms with E-state index in [1.807, 2.05) is 19.6 Å². The zero-order chi connectivity index (χ0) is 20.0. The number of hydrogen-bond donors (Lipinski definition) is 1. The summed E-state index contributed by atoms with van der Waals surface area (Å²) in [6.07, 6.45) is -4.91. The molecule has 1 unspecified atom stereocenters. The highest BCUT2D eigenvalue weighted by atomic mass is 35.5. The molecule has 4 nitrogen and oxygen atoms in total. The molecule has 1 atom stereocenters. The number of ether oxygens (including phenoxy) is 1. The predicted octanol–water partition coefficient (Wildman–Crippen LogP) is 5.29. The summed E-state index contributed by atoms with van der Waals surface area (Å²) in [7, 11) is -2.43. The Labute approximate surface area is 160 Å². The van der Waals surface area contributed by atoms with Crippen molar-refractivity contribution in [3.05, 3.63) is 58.6 Å². The van der Waals surface area contributed by atoms with Crippen LogP contribution in [0.1, 0.15) is 11.1 Å². The number of nitrogens with one attached hydrogen (secondary N) is 1. The molecule has 1 aliphatic heterocycles. The lowest BCUT2D eigenvalue weighted by atomic mass is 9.87. The largest absolute Gasteiger partial charge is 0.573 e. The zero-order valence-corrected chi connectivity index (χ0v) is 16.5. The lowest BCUT2D eigenvalue weighted by Gasteiger charge is -2.36. The molecule has 0 radical (unpaired) electrons. The van der Waals surface area contributed by atoms with Crippen LogP contribution < -0.4 is 10.1 Å². The minimum atomic E-state index is -4.91. The molecule has 0 saturated heterocycles. The second-order valence-electron chi connectivity index (χ2n) is 7.08. The summed E-state index contributed by atoms with van der Waals surface area (Å²) in [5.41, 5.74) is -1.01. The molecule has 0 spiro atoms. The van der Waals surface area contributed by atoms with E-state index in [1.165, 1.54) is 24.3 Å². The fourth-order valence-electron chi connectivity index (χ4n) is 3.10. The molecule has 0 saturated carbocycles. The number of alkyl halides is 3. The fraction of sp³-hybridized carbons (Fsp3) is 0.278. The number of anilines is 1. The molecule has 1 N–H and O–H groups in total. The summed E-state index contributed by atoms with van der Waals surface area (Å²) in [4.78, 5) is 13.1. The highest BCUT2D eigenvalue weighted by Gasteiger charge is 2.54. The Balaban J connectivity index is 2.30. The highest BCUT2D eigenvalue weighted by Crippen LogP contribution is 2.49. The van der Waals surface area contributed by atoms with Gasteiger partial charge in [-0.15, -0.1) is 13.2 Å². The number of rotatable bonds is 4. The van der Waals surface area contributed by atoms with Gasteiger partial charge in [0.1, 0.15) is 5.75 Å². The average molecular weight is 416 g/mol. The number of para-hydroxylation sites is 1. The van der Waals surface area contributed by atoms with Gasteiger partial charge >= 0.3 is 6.36 Å². The third kappa shape index (κ3) is 3.83. The average Bonchev–Trinajstić information content (AvgIpc) is 2.77. The van der Waals surface area contributed by atoms with Crippen LogP contribution in [-0.4, -0.2) is 20.6 Å². The van der Waals surface area contributed by atoms with Gasteiger partial charge in [0.2, 0.25) is 0 Å². The zero-order valence-electron chi connectivity index (χ0n) is 14.8. The number of carbonyl (C=O) groups excluding carboxylic acids is 1. The molecule has 0 fully saturated rings. The van der Waals surface area contributed by atoms with Crippen molar-refractivity contribution >= 4 is 31.5 Å². The Morgan fingerprint density at radius 1 is 1.07 bits per heavy atom. The SMILES string of the molecule is C[Si](C)(C)OC1(c2ccccc2OC(F)(F)F)C(=O)Nc2ccc(Cl)cc21. The van der Waals surface area contributed by atoms with Crippen molar-refractivity contribution < 1.29 is 27.1 Å². The van der Waals surface area contributed by atoms with Gasteiger partial charge in [0.05, 0.1) is 0 Å². The van der Waals surface area contributed by atoms with Crippen LogP contribution in [0.3, 0.4) is 0 Å². The monoisotopic (exact) mass is 415 g/mol. The van der Waals surface area contributed by atoms with Crippen LogP contribution in [0.5, 0.6) is 5.75 Å².